The summed E-state index contributed by atoms with van der Waals surface area (Å²) in [7, 11) is 1.54. The number of nitrogens with one attached hydrogen (secondary N) is 2. The van der Waals surface area contributed by atoms with Crippen LogP contribution in [0.3, 0.4) is 0 Å². The second kappa shape index (κ2) is 8.97. The van der Waals surface area contributed by atoms with Crippen molar-refractivity contribution in [2.45, 2.75) is 44.6 Å². The van der Waals surface area contributed by atoms with Crippen molar-refractivity contribution < 1.29 is 19.1 Å². The first kappa shape index (κ1) is 19.9. The smallest absolute Gasteiger partial charge is 0.260 e. The van der Waals surface area contributed by atoms with Gasteiger partial charge in [-0.25, -0.2) is 0 Å². The van der Waals surface area contributed by atoms with E-state index in [2.05, 4.69) is 10.6 Å². The van der Waals surface area contributed by atoms with Crippen LogP contribution in [-0.2, 0) is 17.6 Å². The second-order valence-corrected chi connectivity index (χ2v) is 8.52. The zero-order valence-corrected chi connectivity index (χ0v) is 17.4. The van der Waals surface area contributed by atoms with E-state index in [1.54, 1.807) is 25.3 Å². The lowest BCUT2D eigenvalue weighted by Crippen LogP contribution is -2.32. The molecule has 2 aliphatic rings. The molecule has 1 fully saturated rings. The van der Waals surface area contributed by atoms with Crippen LogP contribution < -0.4 is 15.4 Å². The molecular formula is C22H26N2O4S. The quantitative estimate of drug-likeness (QED) is 0.754. The number of fused-ring (bicyclic) bond motifs is 1. The number of hydrogen-bond acceptors (Lipinski definition) is 5. The minimum absolute atomic E-state index is 0.0834. The Kier molecular flexibility index (Phi) is 6.16. The van der Waals surface area contributed by atoms with Gasteiger partial charge >= 0.3 is 0 Å². The highest BCUT2D eigenvalue weighted by Crippen LogP contribution is 2.38. The van der Waals surface area contributed by atoms with Crippen LogP contribution in [0.1, 0.15) is 56.8 Å². The van der Waals surface area contributed by atoms with E-state index in [9.17, 15) is 9.59 Å². The van der Waals surface area contributed by atoms with Gasteiger partial charge < -0.3 is 20.1 Å². The normalized spacial score (nSPS) is 18.2. The zero-order chi connectivity index (χ0) is 20.2. The Morgan fingerprint density at radius 1 is 1.17 bits per heavy atom. The predicted molar refractivity (Wildman–Crippen MR) is 113 cm³/mol. The van der Waals surface area contributed by atoms with Crippen LogP contribution >= 0.6 is 11.3 Å². The van der Waals surface area contributed by atoms with Gasteiger partial charge in [0.25, 0.3) is 11.8 Å². The van der Waals surface area contributed by atoms with Crippen molar-refractivity contribution in [1.29, 1.82) is 0 Å². The van der Waals surface area contributed by atoms with Gasteiger partial charge in [-0.1, -0.05) is 12.1 Å². The number of hydrogen-bond donors (Lipinski definition) is 2. The molecule has 1 atom stereocenters. The number of carbonyl (C=O) groups excluding carboxylic acids is 2. The maximum Gasteiger partial charge on any atom is 0.260 e. The SMILES string of the molecule is COc1ccccc1C(=O)Nc1sc2c(c1C(=O)NC[C@@H]1CCCO1)CCCC2. The predicted octanol–water partition coefficient (Wildman–Crippen LogP) is 3.80. The van der Waals surface area contributed by atoms with E-state index >= 15 is 0 Å². The van der Waals surface area contributed by atoms with Gasteiger partial charge in [0.15, 0.2) is 0 Å². The van der Waals surface area contributed by atoms with E-state index in [4.69, 9.17) is 9.47 Å². The molecule has 0 saturated carbocycles. The molecule has 2 amide bonds. The van der Waals surface area contributed by atoms with E-state index < -0.39 is 0 Å². The van der Waals surface area contributed by atoms with Gasteiger partial charge in [-0.2, -0.15) is 0 Å². The number of carbonyl (C=O) groups is 2. The van der Waals surface area contributed by atoms with Gasteiger partial charge in [-0.15, -0.1) is 11.3 Å². The van der Waals surface area contributed by atoms with Gasteiger partial charge in [0.05, 0.1) is 24.3 Å². The van der Waals surface area contributed by atoms with E-state index in [1.807, 2.05) is 6.07 Å². The average molecular weight is 415 g/mol. The highest BCUT2D eigenvalue weighted by atomic mass is 32.1. The number of ether oxygens (including phenoxy) is 2. The standard InChI is InChI=1S/C22H26N2O4S/c1-27-17-10-4-2-8-15(17)20(25)24-22-19(16-9-3-5-11-18(16)29-22)21(26)23-13-14-7-6-12-28-14/h2,4,8,10,14H,3,5-7,9,11-13H2,1H3,(H,23,26)(H,24,25)/t14-/m0/s1. The summed E-state index contributed by atoms with van der Waals surface area (Å²) in [6, 6.07) is 7.10. The Morgan fingerprint density at radius 3 is 2.79 bits per heavy atom. The molecule has 6 nitrogen and oxygen atoms in total. The molecule has 7 heteroatoms. The fourth-order valence-corrected chi connectivity index (χ4v) is 5.28. The first-order chi connectivity index (χ1) is 14.2. The Bertz CT molecular complexity index is 902. The largest absolute Gasteiger partial charge is 0.496 e. The average Bonchev–Trinajstić information content (AvgIpc) is 3.39. The Hall–Kier alpha value is -2.38. The van der Waals surface area contributed by atoms with Crippen molar-refractivity contribution >= 4 is 28.2 Å². The molecule has 0 radical (unpaired) electrons. The van der Waals surface area contributed by atoms with Crippen LogP contribution in [-0.4, -0.2) is 38.2 Å². The van der Waals surface area contributed by atoms with Crippen molar-refractivity contribution in [3.63, 3.8) is 0 Å². The molecule has 29 heavy (non-hydrogen) atoms. The summed E-state index contributed by atoms with van der Waals surface area (Å²) < 4.78 is 10.9. The molecule has 2 aromatic rings. The number of amides is 2. The number of para-hydroxylation sites is 1. The van der Waals surface area contributed by atoms with Crippen molar-refractivity contribution in [1.82, 2.24) is 5.32 Å². The van der Waals surface area contributed by atoms with Crippen LogP contribution in [0.15, 0.2) is 24.3 Å². The highest BCUT2D eigenvalue weighted by Gasteiger charge is 2.27. The van der Waals surface area contributed by atoms with Gasteiger partial charge in [-0.3, -0.25) is 9.59 Å². The summed E-state index contributed by atoms with van der Waals surface area (Å²) in [5, 5.41) is 6.62. The highest BCUT2D eigenvalue weighted by molar-refractivity contribution is 7.17. The molecular weight excluding hydrogens is 388 g/mol. The fraction of sp³-hybridized carbons (Fsp3) is 0.455. The molecule has 1 aromatic carbocycles. The second-order valence-electron chi connectivity index (χ2n) is 7.41. The summed E-state index contributed by atoms with van der Waals surface area (Å²) in [4.78, 5) is 27.2. The van der Waals surface area contributed by atoms with Gasteiger partial charge in [0.2, 0.25) is 0 Å². The molecule has 2 N–H and O–H groups in total. The van der Waals surface area contributed by atoms with E-state index in [-0.39, 0.29) is 17.9 Å². The van der Waals surface area contributed by atoms with Crippen molar-refractivity contribution in [3.8, 4) is 5.75 Å². The lowest BCUT2D eigenvalue weighted by atomic mass is 9.95. The number of thiophene rings is 1. The van der Waals surface area contributed by atoms with Crippen molar-refractivity contribution in [2.24, 2.45) is 0 Å². The fourth-order valence-electron chi connectivity index (χ4n) is 4.00. The molecule has 1 aromatic heterocycles. The third kappa shape index (κ3) is 4.31. The minimum atomic E-state index is -0.269. The molecule has 0 spiro atoms. The number of rotatable bonds is 6. The van der Waals surface area contributed by atoms with Crippen molar-refractivity contribution in [3.05, 3.63) is 45.8 Å². The van der Waals surface area contributed by atoms with E-state index in [0.717, 1.165) is 50.7 Å². The maximum atomic E-state index is 13.1. The van der Waals surface area contributed by atoms with E-state index in [1.165, 1.54) is 16.2 Å². The first-order valence-electron chi connectivity index (χ1n) is 10.2. The number of benzene rings is 1. The Morgan fingerprint density at radius 2 is 2.00 bits per heavy atom. The summed E-state index contributed by atoms with van der Waals surface area (Å²) >= 11 is 1.52. The molecule has 0 bridgehead atoms. The van der Waals surface area contributed by atoms with Crippen LogP contribution in [0.25, 0.3) is 0 Å². The topological polar surface area (TPSA) is 76.7 Å². The maximum absolute atomic E-state index is 13.1. The summed E-state index contributed by atoms with van der Waals surface area (Å²) in [5.74, 6) is 0.111. The lowest BCUT2D eigenvalue weighted by Gasteiger charge is -2.15. The third-order valence-corrected chi connectivity index (χ3v) is 6.70. The number of aryl methyl sites for hydroxylation is 1. The Labute approximate surface area is 174 Å². The van der Waals surface area contributed by atoms with Gasteiger partial charge in [-0.05, 0) is 56.2 Å². The van der Waals surface area contributed by atoms with Crippen LogP contribution in [0.2, 0.25) is 0 Å². The molecule has 154 valence electrons. The third-order valence-electron chi connectivity index (χ3n) is 5.49. The minimum Gasteiger partial charge on any atom is -0.496 e. The molecule has 0 unspecified atom stereocenters. The van der Waals surface area contributed by atoms with Gasteiger partial charge in [0, 0.05) is 18.0 Å². The Balaban J connectivity index is 1.58. The molecule has 1 aliphatic heterocycles. The van der Waals surface area contributed by atoms with Gasteiger partial charge in [0.1, 0.15) is 10.8 Å². The molecule has 4 rings (SSSR count). The number of methoxy groups -OCH3 is 1. The monoisotopic (exact) mass is 414 g/mol. The zero-order valence-electron chi connectivity index (χ0n) is 16.6. The molecule has 1 saturated heterocycles. The van der Waals surface area contributed by atoms with Crippen LogP contribution in [0.4, 0.5) is 5.00 Å². The van der Waals surface area contributed by atoms with E-state index in [0.29, 0.717) is 28.4 Å². The summed E-state index contributed by atoms with van der Waals surface area (Å²) in [5.41, 5.74) is 2.15. The first-order valence-corrected chi connectivity index (χ1v) is 11.0. The molecule has 2 heterocycles. The lowest BCUT2D eigenvalue weighted by molar-refractivity contribution is 0.0858. The molecule has 1 aliphatic carbocycles. The number of anilines is 1. The summed E-state index contributed by atoms with van der Waals surface area (Å²) in [6.45, 7) is 1.26. The summed E-state index contributed by atoms with van der Waals surface area (Å²) in [6.07, 6.45) is 6.10. The van der Waals surface area contributed by atoms with Crippen molar-refractivity contribution in [2.75, 3.05) is 25.6 Å². The van der Waals surface area contributed by atoms with Crippen LogP contribution in [0.5, 0.6) is 5.75 Å². The van der Waals surface area contributed by atoms with Crippen LogP contribution in [0, 0.1) is 0 Å².